The molecule has 7 N–H and O–H groups in total. The number of carboxylic acid groups (broad SMARTS) is 1. The topological polar surface area (TPSA) is 220 Å². The zero-order valence-corrected chi connectivity index (χ0v) is 31.6. The quantitative estimate of drug-likeness (QED) is 0.0752. The fourth-order valence-corrected chi connectivity index (χ4v) is 5.36. The standard InChI is InChI=1S/C38H56N6O10/c1-25(2)22-53-29-11-7-27(8-12-29)20-31(40-34(45)24-52-19-18-51-17-15-39)35(46)42-43-36(47)33-6-5-16-44(33)38(50)41-32(37(48)49)21-28-9-13-30(14-10-28)54-23-26(3)4/h7-14,25-26,31-33H,5-6,15-24,39H2,1-4H3,(H,40,45)(H,41,50)(H,42,46)(H,43,47)(H,48,49)/t31-,32-,33?/m0/s1. The van der Waals surface area contributed by atoms with Crippen molar-refractivity contribution in [2.24, 2.45) is 17.6 Å². The number of likely N-dealkylation sites (tertiary alicyclic amines) is 1. The molecular formula is C38H56N6O10. The molecule has 0 aromatic heterocycles. The van der Waals surface area contributed by atoms with Gasteiger partial charge in [0.2, 0.25) is 5.91 Å². The van der Waals surface area contributed by atoms with Crippen LogP contribution in [0.25, 0.3) is 0 Å². The lowest BCUT2D eigenvalue weighted by molar-refractivity contribution is -0.139. The number of ether oxygens (including phenoxy) is 4. The van der Waals surface area contributed by atoms with Gasteiger partial charge in [0.1, 0.15) is 36.2 Å². The summed E-state index contributed by atoms with van der Waals surface area (Å²) in [6, 6.07) is 10.0. The second kappa shape index (κ2) is 23.0. The monoisotopic (exact) mass is 756 g/mol. The SMILES string of the molecule is CC(C)COc1ccc(C[C@H](NC(=O)N2CCCC2C(=O)NNC(=O)[C@H](Cc2ccc(OCC(C)C)cc2)NC(=O)COCCOCCN)C(=O)O)cc1. The van der Waals surface area contributed by atoms with Crippen LogP contribution in [0.1, 0.15) is 51.7 Å². The molecule has 0 aliphatic carbocycles. The van der Waals surface area contributed by atoms with Gasteiger partial charge in [-0.3, -0.25) is 25.2 Å². The molecule has 2 aromatic carbocycles. The highest BCUT2D eigenvalue weighted by molar-refractivity contribution is 5.92. The number of carbonyl (C=O) groups excluding carboxylic acids is 4. The summed E-state index contributed by atoms with van der Waals surface area (Å²) >= 11 is 0. The van der Waals surface area contributed by atoms with Crippen LogP contribution in [0.2, 0.25) is 0 Å². The molecule has 1 saturated heterocycles. The van der Waals surface area contributed by atoms with Crippen LogP contribution in [-0.2, 0) is 41.5 Å². The van der Waals surface area contributed by atoms with E-state index in [1.54, 1.807) is 48.5 Å². The number of amides is 5. The smallest absolute Gasteiger partial charge is 0.326 e. The third kappa shape index (κ3) is 15.6. The minimum Gasteiger partial charge on any atom is -0.493 e. The molecule has 5 amide bonds. The number of hydrazine groups is 1. The van der Waals surface area contributed by atoms with Crippen molar-refractivity contribution in [2.75, 3.05) is 52.7 Å². The maximum atomic E-state index is 13.4. The number of rotatable bonds is 22. The predicted molar refractivity (Wildman–Crippen MR) is 200 cm³/mol. The number of benzene rings is 2. The summed E-state index contributed by atoms with van der Waals surface area (Å²) in [7, 11) is 0. The highest BCUT2D eigenvalue weighted by Crippen LogP contribution is 2.19. The minimum absolute atomic E-state index is 0.0141. The Balaban J connectivity index is 1.60. The van der Waals surface area contributed by atoms with Crippen LogP contribution in [-0.4, -0.2) is 111 Å². The fourth-order valence-electron chi connectivity index (χ4n) is 5.36. The summed E-state index contributed by atoms with van der Waals surface area (Å²) in [5, 5.41) is 15.1. The average Bonchev–Trinajstić information content (AvgIpc) is 3.64. The van der Waals surface area contributed by atoms with Crippen molar-refractivity contribution in [1.82, 2.24) is 26.4 Å². The van der Waals surface area contributed by atoms with E-state index in [0.29, 0.717) is 68.1 Å². The van der Waals surface area contributed by atoms with Crippen LogP contribution in [0.5, 0.6) is 11.5 Å². The Bertz CT molecular complexity index is 1490. The van der Waals surface area contributed by atoms with Crippen molar-refractivity contribution in [2.45, 2.75) is 71.5 Å². The lowest BCUT2D eigenvalue weighted by Crippen LogP contribution is -2.58. The summed E-state index contributed by atoms with van der Waals surface area (Å²) in [6.45, 7) is 10.2. The molecule has 298 valence electrons. The van der Waals surface area contributed by atoms with Gasteiger partial charge in [0.15, 0.2) is 0 Å². The van der Waals surface area contributed by atoms with Gasteiger partial charge < -0.3 is 45.3 Å². The van der Waals surface area contributed by atoms with E-state index in [0.717, 1.165) is 5.56 Å². The number of urea groups is 1. The van der Waals surface area contributed by atoms with Crippen molar-refractivity contribution in [1.29, 1.82) is 0 Å². The normalized spacial score (nSPS) is 15.0. The van der Waals surface area contributed by atoms with E-state index >= 15 is 0 Å². The molecule has 16 nitrogen and oxygen atoms in total. The third-order valence-electron chi connectivity index (χ3n) is 8.13. The number of carbonyl (C=O) groups is 5. The van der Waals surface area contributed by atoms with Crippen LogP contribution < -0.4 is 36.7 Å². The van der Waals surface area contributed by atoms with Gasteiger partial charge in [0, 0.05) is 25.9 Å². The second-order valence-electron chi connectivity index (χ2n) is 13.8. The zero-order valence-electron chi connectivity index (χ0n) is 31.6. The molecule has 3 atom stereocenters. The van der Waals surface area contributed by atoms with Gasteiger partial charge in [-0.05, 0) is 60.1 Å². The van der Waals surface area contributed by atoms with Gasteiger partial charge in [-0.2, -0.15) is 0 Å². The van der Waals surface area contributed by atoms with Crippen molar-refractivity contribution < 1.29 is 48.0 Å². The molecule has 1 aliphatic rings. The van der Waals surface area contributed by atoms with Crippen molar-refractivity contribution in [3.05, 3.63) is 59.7 Å². The summed E-state index contributed by atoms with van der Waals surface area (Å²) in [5.74, 6) is -1.15. The van der Waals surface area contributed by atoms with Crippen LogP contribution in [0.15, 0.2) is 48.5 Å². The zero-order chi connectivity index (χ0) is 39.5. The first-order chi connectivity index (χ1) is 25.9. The van der Waals surface area contributed by atoms with Crippen molar-refractivity contribution in [3.8, 4) is 11.5 Å². The number of hydrogen-bond donors (Lipinski definition) is 6. The fraction of sp³-hybridized carbons (Fsp3) is 0.553. The average molecular weight is 757 g/mol. The Labute approximate surface area is 316 Å². The Morgan fingerprint density at radius 3 is 1.87 bits per heavy atom. The van der Waals surface area contributed by atoms with E-state index in [-0.39, 0.29) is 39.2 Å². The number of nitrogens with zero attached hydrogens (tertiary/aromatic N) is 1. The molecule has 0 radical (unpaired) electrons. The van der Waals surface area contributed by atoms with E-state index in [2.05, 4.69) is 21.5 Å². The Kier molecular flexibility index (Phi) is 18.5. The minimum atomic E-state index is -1.26. The Morgan fingerprint density at radius 2 is 1.33 bits per heavy atom. The maximum Gasteiger partial charge on any atom is 0.326 e. The predicted octanol–water partition coefficient (Wildman–Crippen LogP) is 1.79. The molecule has 2 aromatic rings. The van der Waals surface area contributed by atoms with E-state index in [4.69, 9.17) is 24.7 Å². The summed E-state index contributed by atoms with van der Waals surface area (Å²) in [4.78, 5) is 66.0. The van der Waals surface area contributed by atoms with Crippen LogP contribution in [0.3, 0.4) is 0 Å². The molecule has 0 bridgehead atoms. The number of aliphatic carboxylic acids is 1. The molecule has 16 heteroatoms. The number of hydrogen-bond acceptors (Lipinski definition) is 10. The molecule has 1 fully saturated rings. The lowest BCUT2D eigenvalue weighted by Gasteiger charge is -2.26. The highest BCUT2D eigenvalue weighted by atomic mass is 16.5. The molecule has 54 heavy (non-hydrogen) atoms. The van der Waals surface area contributed by atoms with E-state index in [9.17, 15) is 29.1 Å². The first-order valence-electron chi connectivity index (χ1n) is 18.3. The first-order valence-corrected chi connectivity index (χ1v) is 18.3. The molecule has 3 rings (SSSR count). The van der Waals surface area contributed by atoms with E-state index < -0.39 is 47.8 Å². The molecule has 1 unspecified atom stereocenters. The second-order valence-corrected chi connectivity index (χ2v) is 13.8. The van der Waals surface area contributed by atoms with E-state index in [1.807, 2.05) is 27.7 Å². The number of nitrogens with one attached hydrogen (secondary N) is 4. The summed E-state index contributed by atoms with van der Waals surface area (Å²) in [5.41, 5.74) is 11.5. The van der Waals surface area contributed by atoms with Crippen LogP contribution in [0.4, 0.5) is 4.79 Å². The van der Waals surface area contributed by atoms with Gasteiger partial charge in [0.05, 0.1) is 33.0 Å². The highest BCUT2D eigenvalue weighted by Gasteiger charge is 2.36. The van der Waals surface area contributed by atoms with Gasteiger partial charge in [-0.1, -0.05) is 52.0 Å². The van der Waals surface area contributed by atoms with Crippen LogP contribution >= 0.6 is 0 Å². The molecule has 1 heterocycles. The number of carboxylic acids is 1. The molecular weight excluding hydrogens is 700 g/mol. The Hall–Kier alpha value is -4.93. The largest absolute Gasteiger partial charge is 0.493 e. The molecule has 1 aliphatic heterocycles. The summed E-state index contributed by atoms with van der Waals surface area (Å²) in [6.07, 6.45) is 0.879. The van der Waals surface area contributed by atoms with Crippen LogP contribution in [0, 0.1) is 11.8 Å². The number of nitrogens with two attached hydrogens (primary N) is 1. The lowest BCUT2D eigenvalue weighted by atomic mass is 10.1. The summed E-state index contributed by atoms with van der Waals surface area (Å²) < 4.78 is 22.0. The van der Waals surface area contributed by atoms with Gasteiger partial charge in [-0.25, -0.2) is 9.59 Å². The van der Waals surface area contributed by atoms with Crippen molar-refractivity contribution >= 4 is 29.7 Å². The maximum absolute atomic E-state index is 13.4. The van der Waals surface area contributed by atoms with Gasteiger partial charge >= 0.3 is 12.0 Å². The molecule has 0 spiro atoms. The van der Waals surface area contributed by atoms with E-state index in [1.165, 1.54) is 4.90 Å². The Morgan fingerprint density at radius 1 is 0.778 bits per heavy atom. The molecule has 0 saturated carbocycles. The third-order valence-corrected chi connectivity index (χ3v) is 8.13. The van der Waals surface area contributed by atoms with Gasteiger partial charge in [0.25, 0.3) is 11.8 Å². The van der Waals surface area contributed by atoms with Crippen molar-refractivity contribution in [3.63, 3.8) is 0 Å². The first kappa shape index (κ1) is 43.5. The van der Waals surface area contributed by atoms with Gasteiger partial charge in [-0.15, -0.1) is 0 Å².